The summed E-state index contributed by atoms with van der Waals surface area (Å²) in [5, 5.41) is 2.86. The average Bonchev–Trinajstić information content (AvgIpc) is 2.89. The van der Waals surface area contributed by atoms with Crippen molar-refractivity contribution in [3.63, 3.8) is 0 Å². The number of benzene rings is 1. The van der Waals surface area contributed by atoms with Crippen molar-refractivity contribution in [3.8, 4) is 0 Å². The lowest BCUT2D eigenvalue weighted by molar-refractivity contribution is -0.117. The molecule has 0 saturated carbocycles. The van der Waals surface area contributed by atoms with Crippen LogP contribution in [0.3, 0.4) is 0 Å². The van der Waals surface area contributed by atoms with Crippen molar-refractivity contribution in [1.29, 1.82) is 0 Å². The van der Waals surface area contributed by atoms with Gasteiger partial charge in [-0.25, -0.2) is 8.42 Å². The summed E-state index contributed by atoms with van der Waals surface area (Å²) in [6.07, 6.45) is 4.38. The van der Waals surface area contributed by atoms with Crippen molar-refractivity contribution in [1.82, 2.24) is 5.32 Å². The Bertz CT molecular complexity index is 854. The molecule has 0 fully saturated rings. The van der Waals surface area contributed by atoms with E-state index in [9.17, 15) is 13.2 Å². The van der Waals surface area contributed by atoms with Gasteiger partial charge in [0.15, 0.2) is 0 Å². The number of anilines is 1. The zero-order valence-corrected chi connectivity index (χ0v) is 15.4. The molecule has 0 aliphatic carbocycles. The standard InChI is InChI=1S/C17H20N2O3S2/c1-12-7-8-16(23-12)9-10-17(20)18-13(2)14-5-4-6-15(11-14)19-24(3,21)22/h4-11,13,19H,1-3H3,(H,18,20)/b10-9+/t13-/m1/s1. The molecule has 0 aliphatic rings. The maximum Gasteiger partial charge on any atom is 0.244 e. The highest BCUT2D eigenvalue weighted by molar-refractivity contribution is 7.92. The molecule has 0 radical (unpaired) electrons. The molecule has 1 aromatic heterocycles. The fourth-order valence-electron chi connectivity index (χ4n) is 2.13. The molecule has 1 atom stereocenters. The highest BCUT2D eigenvalue weighted by Crippen LogP contribution is 2.19. The van der Waals surface area contributed by atoms with E-state index in [1.807, 2.05) is 32.0 Å². The third kappa shape index (κ3) is 5.82. The van der Waals surface area contributed by atoms with Gasteiger partial charge in [0.1, 0.15) is 0 Å². The number of carbonyl (C=O) groups is 1. The van der Waals surface area contributed by atoms with Crippen molar-refractivity contribution in [3.05, 3.63) is 57.8 Å². The molecule has 5 nitrogen and oxygen atoms in total. The van der Waals surface area contributed by atoms with Gasteiger partial charge in [-0.1, -0.05) is 12.1 Å². The Kier molecular flexibility index (Phi) is 5.80. The van der Waals surface area contributed by atoms with Gasteiger partial charge >= 0.3 is 0 Å². The molecule has 0 saturated heterocycles. The zero-order chi connectivity index (χ0) is 17.7. The highest BCUT2D eigenvalue weighted by atomic mass is 32.2. The average molecular weight is 364 g/mol. The van der Waals surface area contributed by atoms with Crippen LogP contribution in [0.25, 0.3) is 6.08 Å². The van der Waals surface area contributed by atoms with Gasteiger partial charge in [-0.05, 0) is 49.8 Å². The number of aryl methyl sites for hydroxylation is 1. The van der Waals surface area contributed by atoms with Crippen molar-refractivity contribution >= 4 is 39.0 Å². The first kappa shape index (κ1) is 18.2. The first-order chi connectivity index (χ1) is 11.2. The Morgan fingerprint density at radius 2 is 2.00 bits per heavy atom. The molecule has 0 bridgehead atoms. The van der Waals surface area contributed by atoms with E-state index in [1.54, 1.807) is 35.6 Å². The Labute approximate surface area is 146 Å². The largest absolute Gasteiger partial charge is 0.346 e. The first-order valence-corrected chi connectivity index (χ1v) is 10.1. The zero-order valence-electron chi connectivity index (χ0n) is 13.7. The molecule has 2 N–H and O–H groups in total. The van der Waals surface area contributed by atoms with Gasteiger partial charge in [0.25, 0.3) is 0 Å². The lowest BCUT2D eigenvalue weighted by Gasteiger charge is -2.14. The summed E-state index contributed by atoms with van der Waals surface area (Å²) in [5.41, 5.74) is 1.29. The molecule has 1 heterocycles. The molecule has 7 heteroatoms. The van der Waals surface area contributed by atoms with Gasteiger partial charge in [0, 0.05) is 21.5 Å². The van der Waals surface area contributed by atoms with Crippen LogP contribution >= 0.6 is 11.3 Å². The summed E-state index contributed by atoms with van der Waals surface area (Å²) in [6, 6.07) is 10.7. The Hall–Kier alpha value is -2.12. The summed E-state index contributed by atoms with van der Waals surface area (Å²) < 4.78 is 25.0. The normalized spacial score (nSPS) is 13.0. The molecule has 1 aromatic carbocycles. The Morgan fingerprint density at radius 3 is 2.62 bits per heavy atom. The fourth-order valence-corrected chi connectivity index (χ4v) is 3.47. The Morgan fingerprint density at radius 1 is 1.25 bits per heavy atom. The molecule has 0 aliphatic heterocycles. The van der Waals surface area contributed by atoms with E-state index in [0.717, 1.165) is 16.7 Å². The third-order valence-corrected chi connectivity index (χ3v) is 4.78. The molecule has 24 heavy (non-hydrogen) atoms. The Balaban J connectivity index is 2.01. The molecular formula is C17H20N2O3S2. The van der Waals surface area contributed by atoms with E-state index in [0.29, 0.717) is 5.69 Å². The molecule has 2 aromatic rings. The van der Waals surface area contributed by atoms with Gasteiger partial charge in [0.2, 0.25) is 15.9 Å². The SMILES string of the molecule is Cc1ccc(/C=C/C(=O)N[C@H](C)c2cccc(NS(C)(=O)=O)c2)s1. The predicted molar refractivity (Wildman–Crippen MR) is 99.6 cm³/mol. The lowest BCUT2D eigenvalue weighted by atomic mass is 10.1. The smallest absolute Gasteiger partial charge is 0.244 e. The van der Waals surface area contributed by atoms with Crippen LogP contribution < -0.4 is 10.0 Å². The quantitative estimate of drug-likeness (QED) is 0.772. The minimum absolute atomic E-state index is 0.199. The number of amides is 1. The number of carbonyl (C=O) groups excluding carboxylic acids is 1. The maximum absolute atomic E-state index is 12.0. The van der Waals surface area contributed by atoms with Crippen molar-refractivity contribution in [2.24, 2.45) is 0 Å². The fraction of sp³-hybridized carbons (Fsp3) is 0.235. The molecular weight excluding hydrogens is 344 g/mol. The molecule has 128 valence electrons. The summed E-state index contributed by atoms with van der Waals surface area (Å²) in [5.74, 6) is -0.199. The number of hydrogen-bond donors (Lipinski definition) is 2. The summed E-state index contributed by atoms with van der Waals surface area (Å²) in [4.78, 5) is 14.2. The summed E-state index contributed by atoms with van der Waals surface area (Å²) >= 11 is 1.62. The van der Waals surface area contributed by atoms with Crippen LogP contribution in [-0.2, 0) is 14.8 Å². The van der Waals surface area contributed by atoms with Crippen LogP contribution in [0.15, 0.2) is 42.5 Å². The van der Waals surface area contributed by atoms with Crippen molar-refractivity contribution < 1.29 is 13.2 Å². The van der Waals surface area contributed by atoms with Crippen LogP contribution in [0.2, 0.25) is 0 Å². The number of nitrogens with one attached hydrogen (secondary N) is 2. The van der Waals surface area contributed by atoms with E-state index in [1.165, 1.54) is 11.0 Å². The van der Waals surface area contributed by atoms with Crippen LogP contribution in [0.1, 0.15) is 28.3 Å². The number of thiophene rings is 1. The summed E-state index contributed by atoms with van der Waals surface area (Å²) in [6.45, 7) is 3.86. The third-order valence-electron chi connectivity index (χ3n) is 3.21. The molecule has 1 amide bonds. The number of rotatable bonds is 6. The molecule has 0 spiro atoms. The topological polar surface area (TPSA) is 75.3 Å². The van der Waals surface area contributed by atoms with Gasteiger partial charge in [0.05, 0.1) is 12.3 Å². The molecule has 0 unspecified atom stereocenters. The van der Waals surface area contributed by atoms with Gasteiger partial charge in [-0.3, -0.25) is 9.52 Å². The second kappa shape index (κ2) is 7.63. The maximum atomic E-state index is 12.0. The van der Waals surface area contributed by atoms with Gasteiger partial charge < -0.3 is 5.32 Å². The monoisotopic (exact) mass is 364 g/mol. The van der Waals surface area contributed by atoms with Crippen LogP contribution in [0, 0.1) is 6.92 Å². The second-order valence-corrected chi connectivity index (χ2v) is 8.58. The summed E-state index contributed by atoms with van der Waals surface area (Å²) in [7, 11) is -3.33. The van der Waals surface area contributed by atoms with Crippen molar-refractivity contribution in [2.45, 2.75) is 19.9 Å². The van der Waals surface area contributed by atoms with E-state index in [-0.39, 0.29) is 11.9 Å². The predicted octanol–water partition coefficient (Wildman–Crippen LogP) is 3.32. The first-order valence-electron chi connectivity index (χ1n) is 7.36. The van der Waals surface area contributed by atoms with E-state index in [4.69, 9.17) is 0 Å². The van der Waals surface area contributed by atoms with E-state index in [2.05, 4.69) is 10.0 Å². The highest BCUT2D eigenvalue weighted by Gasteiger charge is 2.09. The van der Waals surface area contributed by atoms with Crippen molar-refractivity contribution in [2.75, 3.05) is 11.0 Å². The minimum Gasteiger partial charge on any atom is -0.346 e. The van der Waals surface area contributed by atoms with E-state index < -0.39 is 10.0 Å². The molecule has 2 rings (SSSR count). The number of sulfonamides is 1. The van der Waals surface area contributed by atoms with Gasteiger partial charge in [-0.15, -0.1) is 11.3 Å². The second-order valence-electron chi connectivity index (χ2n) is 5.51. The van der Waals surface area contributed by atoms with Crippen LogP contribution in [-0.4, -0.2) is 20.6 Å². The van der Waals surface area contributed by atoms with Gasteiger partial charge in [-0.2, -0.15) is 0 Å². The lowest BCUT2D eigenvalue weighted by Crippen LogP contribution is -2.24. The number of hydrogen-bond acceptors (Lipinski definition) is 4. The minimum atomic E-state index is -3.33. The van der Waals surface area contributed by atoms with Crippen LogP contribution in [0.4, 0.5) is 5.69 Å². The van der Waals surface area contributed by atoms with E-state index >= 15 is 0 Å². The van der Waals surface area contributed by atoms with Crippen LogP contribution in [0.5, 0.6) is 0 Å².